The van der Waals surface area contributed by atoms with Crippen molar-refractivity contribution in [3.8, 4) is 0 Å². The Morgan fingerprint density at radius 2 is 1.42 bits per heavy atom. The predicted molar refractivity (Wildman–Crippen MR) is 53.4 cm³/mol. The molecule has 1 aliphatic heterocycles. The molecular formula is C10H22N2. The first kappa shape index (κ1) is 10.0. The molecule has 0 aromatic carbocycles. The van der Waals surface area contributed by atoms with Gasteiger partial charge in [0.2, 0.25) is 0 Å². The monoisotopic (exact) mass is 170 g/mol. The maximum atomic E-state index is 2.64. The van der Waals surface area contributed by atoms with Gasteiger partial charge in [-0.3, -0.25) is 4.90 Å². The van der Waals surface area contributed by atoms with Gasteiger partial charge in [0, 0.05) is 32.2 Å². The van der Waals surface area contributed by atoms with Crippen molar-refractivity contribution in [3.05, 3.63) is 0 Å². The van der Waals surface area contributed by atoms with Gasteiger partial charge in [-0.05, 0) is 19.9 Å². The van der Waals surface area contributed by atoms with E-state index in [2.05, 4.69) is 16.8 Å². The van der Waals surface area contributed by atoms with E-state index in [1.807, 2.05) is 13.8 Å². The van der Waals surface area contributed by atoms with E-state index in [0.717, 1.165) is 6.04 Å². The molecule has 0 aromatic rings. The first-order chi connectivity index (χ1) is 5.86. The number of piperazine rings is 1. The average Bonchev–Trinajstić information content (AvgIpc) is 2.93. The van der Waals surface area contributed by atoms with E-state index in [0.29, 0.717) is 0 Å². The van der Waals surface area contributed by atoms with Gasteiger partial charge in [0.1, 0.15) is 0 Å². The van der Waals surface area contributed by atoms with Crippen molar-refractivity contribution in [2.24, 2.45) is 0 Å². The van der Waals surface area contributed by atoms with E-state index < -0.39 is 0 Å². The second-order valence-corrected chi connectivity index (χ2v) is 3.57. The summed E-state index contributed by atoms with van der Waals surface area (Å²) < 4.78 is 0. The Morgan fingerprint density at radius 1 is 0.917 bits per heavy atom. The largest absolute Gasteiger partial charge is 0.304 e. The zero-order valence-corrected chi connectivity index (χ0v) is 8.71. The molecule has 0 unspecified atom stereocenters. The maximum Gasteiger partial charge on any atom is 0.0113 e. The van der Waals surface area contributed by atoms with Crippen LogP contribution in [0.2, 0.25) is 0 Å². The zero-order chi connectivity index (χ0) is 8.97. The molecule has 1 heterocycles. The van der Waals surface area contributed by atoms with Crippen molar-refractivity contribution in [3.63, 3.8) is 0 Å². The topological polar surface area (TPSA) is 6.48 Å². The third kappa shape index (κ3) is 2.76. The molecule has 72 valence electrons. The van der Waals surface area contributed by atoms with Gasteiger partial charge in [0.05, 0.1) is 0 Å². The minimum Gasteiger partial charge on any atom is -0.304 e. The van der Waals surface area contributed by atoms with Crippen LogP contribution in [0.15, 0.2) is 0 Å². The molecule has 1 saturated heterocycles. The van der Waals surface area contributed by atoms with E-state index in [4.69, 9.17) is 0 Å². The molecule has 12 heavy (non-hydrogen) atoms. The average molecular weight is 170 g/mol. The first-order valence-corrected chi connectivity index (χ1v) is 5.29. The lowest BCUT2D eigenvalue weighted by atomic mass is 10.3. The standard InChI is InChI=1S/C8H16N2.C2H6/c1-9-4-6-10(7-5-9)8-2-3-8;1-2/h8H,2-7H2,1H3;1-2H3. The van der Waals surface area contributed by atoms with Crippen molar-refractivity contribution in [2.45, 2.75) is 32.7 Å². The Kier molecular flexibility index (Phi) is 4.02. The van der Waals surface area contributed by atoms with Gasteiger partial charge >= 0.3 is 0 Å². The Hall–Kier alpha value is -0.0800. The third-order valence-corrected chi connectivity index (χ3v) is 2.60. The minimum atomic E-state index is 0.980. The Labute approximate surface area is 76.5 Å². The van der Waals surface area contributed by atoms with Crippen molar-refractivity contribution in [1.29, 1.82) is 0 Å². The van der Waals surface area contributed by atoms with Gasteiger partial charge < -0.3 is 4.90 Å². The van der Waals surface area contributed by atoms with Gasteiger partial charge in [-0.2, -0.15) is 0 Å². The Bertz CT molecular complexity index is 113. The molecule has 2 fully saturated rings. The minimum absolute atomic E-state index is 0.980. The molecule has 2 heteroatoms. The van der Waals surface area contributed by atoms with Crippen molar-refractivity contribution in [1.82, 2.24) is 9.80 Å². The molecule has 2 nitrogen and oxygen atoms in total. The van der Waals surface area contributed by atoms with Crippen LogP contribution in [-0.2, 0) is 0 Å². The summed E-state index contributed by atoms with van der Waals surface area (Å²) in [5.74, 6) is 0. The highest BCUT2D eigenvalue weighted by molar-refractivity contribution is 4.86. The lowest BCUT2D eigenvalue weighted by Crippen LogP contribution is -2.45. The lowest BCUT2D eigenvalue weighted by Gasteiger charge is -2.32. The van der Waals surface area contributed by atoms with Gasteiger partial charge in [0.25, 0.3) is 0 Å². The highest BCUT2D eigenvalue weighted by Crippen LogP contribution is 2.27. The molecule has 0 amide bonds. The molecule has 2 rings (SSSR count). The molecule has 0 radical (unpaired) electrons. The summed E-state index contributed by atoms with van der Waals surface area (Å²) in [4.78, 5) is 5.05. The normalized spacial score (nSPS) is 26.2. The second kappa shape index (κ2) is 4.83. The molecule has 1 saturated carbocycles. The van der Waals surface area contributed by atoms with Crippen LogP contribution in [0.4, 0.5) is 0 Å². The van der Waals surface area contributed by atoms with E-state index in [1.54, 1.807) is 0 Å². The molecule has 1 aliphatic carbocycles. The van der Waals surface area contributed by atoms with Crippen molar-refractivity contribution >= 4 is 0 Å². The van der Waals surface area contributed by atoms with Crippen LogP contribution in [0.25, 0.3) is 0 Å². The third-order valence-electron chi connectivity index (χ3n) is 2.60. The van der Waals surface area contributed by atoms with Crippen LogP contribution >= 0.6 is 0 Å². The van der Waals surface area contributed by atoms with E-state index in [9.17, 15) is 0 Å². The SMILES string of the molecule is CC.CN1CCN(C2CC2)CC1. The van der Waals surface area contributed by atoms with Crippen LogP contribution in [0, 0.1) is 0 Å². The van der Waals surface area contributed by atoms with Gasteiger partial charge in [-0.1, -0.05) is 13.8 Å². The fraction of sp³-hybridized carbons (Fsp3) is 1.00. The lowest BCUT2D eigenvalue weighted by molar-refractivity contribution is 0.147. The summed E-state index contributed by atoms with van der Waals surface area (Å²) in [5.41, 5.74) is 0. The van der Waals surface area contributed by atoms with Gasteiger partial charge in [-0.25, -0.2) is 0 Å². The van der Waals surface area contributed by atoms with Crippen molar-refractivity contribution < 1.29 is 0 Å². The molecule has 0 bridgehead atoms. The zero-order valence-electron chi connectivity index (χ0n) is 8.71. The second-order valence-electron chi connectivity index (χ2n) is 3.57. The Balaban J connectivity index is 0.000000336. The molecule has 0 atom stereocenters. The fourth-order valence-electron chi connectivity index (χ4n) is 1.63. The highest BCUT2D eigenvalue weighted by atomic mass is 15.3. The van der Waals surface area contributed by atoms with E-state index in [-0.39, 0.29) is 0 Å². The first-order valence-electron chi connectivity index (χ1n) is 5.29. The maximum absolute atomic E-state index is 2.64. The smallest absolute Gasteiger partial charge is 0.0113 e. The van der Waals surface area contributed by atoms with E-state index >= 15 is 0 Å². The number of likely N-dealkylation sites (N-methyl/N-ethyl adjacent to an activating group) is 1. The van der Waals surface area contributed by atoms with Crippen LogP contribution < -0.4 is 0 Å². The summed E-state index contributed by atoms with van der Waals surface area (Å²) in [6.07, 6.45) is 2.92. The summed E-state index contributed by atoms with van der Waals surface area (Å²) in [5, 5.41) is 0. The molecule has 2 aliphatic rings. The molecular weight excluding hydrogens is 148 g/mol. The number of hydrogen-bond acceptors (Lipinski definition) is 2. The molecule has 0 spiro atoms. The fourth-order valence-corrected chi connectivity index (χ4v) is 1.63. The summed E-state index contributed by atoms with van der Waals surface area (Å²) in [6.45, 7) is 9.16. The highest BCUT2D eigenvalue weighted by Gasteiger charge is 2.30. The quantitative estimate of drug-likeness (QED) is 0.587. The number of hydrogen-bond donors (Lipinski definition) is 0. The van der Waals surface area contributed by atoms with Crippen LogP contribution in [0.3, 0.4) is 0 Å². The summed E-state index contributed by atoms with van der Waals surface area (Å²) >= 11 is 0. The van der Waals surface area contributed by atoms with Crippen LogP contribution in [-0.4, -0.2) is 49.1 Å². The number of nitrogens with zero attached hydrogens (tertiary/aromatic N) is 2. The van der Waals surface area contributed by atoms with Crippen molar-refractivity contribution in [2.75, 3.05) is 33.2 Å². The summed E-state index contributed by atoms with van der Waals surface area (Å²) in [7, 11) is 2.21. The predicted octanol–water partition coefficient (Wildman–Crippen LogP) is 1.42. The van der Waals surface area contributed by atoms with Crippen LogP contribution in [0.5, 0.6) is 0 Å². The van der Waals surface area contributed by atoms with Gasteiger partial charge in [-0.15, -0.1) is 0 Å². The summed E-state index contributed by atoms with van der Waals surface area (Å²) in [6, 6.07) is 0.980. The van der Waals surface area contributed by atoms with Gasteiger partial charge in [0.15, 0.2) is 0 Å². The number of rotatable bonds is 1. The molecule has 0 N–H and O–H groups in total. The van der Waals surface area contributed by atoms with Crippen LogP contribution in [0.1, 0.15) is 26.7 Å². The Morgan fingerprint density at radius 3 is 1.83 bits per heavy atom. The van der Waals surface area contributed by atoms with E-state index in [1.165, 1.54) is 39.0 Å². The molecule has 0 aromatic heterocycles.